The van der Waals surface area contributed by atoms with E-state index in [-0.39, 0.29) is 5.92 Å². The molecule has 1 unspecified atom stereocenters. The van der Waals surface area contributed by atoms with Crippen molar-refractivity contribution in [3.63, 3.8) is 0 Å². The van der Waals surface area contributed by atoms with Crippen molar-refractivity contribution in [1.82, 2.24) is 0 Å². The van der Waals surface area contributed by atoms with E-state index >= 15 is 0 Å². The highest BCUT2D eigenvalue weighted by atomic mass is 19.2. The minimum atomic E-state index is -0.666. The van der Waals surface area contributed by atoms with Crippen molar-refractivity contribution in [1.29, 1.82) is 0 Å². The molecule has 0 spiro atoms. The van der Waals surface area contributed by atoms with Crippen LogP contribution in [0.5, 0.6) is 0 Å². The summed E-state index contributed by atoms with van der Waals surface area (Å²) in [7, 11) is 0. The van der Waals surface area contributed by atoms with Gasteiger partial charge in [0, 0.05) is 0 Å². The highest BCUT2D eigenvalue weighted by Gasteiger charge is 2.25. The Hall–Kier alpha value is -1.18. The van der Waals surface area contributed by atoms with E-state index in [2.05, 4.69) is 19.6 Å². The molecule has 134 valence electrons. The first-order valence-electron chi connectivity index (χ1n) is 9.63. The molecular weight excluding hydrogens is 302 g/mol. The van der Waals surface area contributed by atoms with Gasteiger partial charge < -0.3 is 0 Å². The Morgan fingerprint density at radius 1 is 1.12 bits per heavy atom. The molecule has 0 heterocycles. The first kappa shape index (κ1) is 19.1. The molecular formula is C22H32F2. The van der Waals surface area contributed by atoms with Crippen LogP contribution in [0.2, 0.25) is 0 Å². The lowest BCUT2D eigenvalue weighted by Gasteiger charge is -2.29. The van der Waals surface area contributed by atoms with E-state index in [9.17, 15) is 8.78 Å². The van der Waals surface area contributed by atoms with E-state index in [0.29, 0.717) is 17.0 Å². The predicted molar refractivity (Wildman–Crippen MR) is 98.2 cm³/mol. The van der Waals surface area contributed by atoms with E-state index in [1.807, 2.05) is 0 Å². The molecule has 0 amide bonds. The molecule has 0 bridgehead atoms. The van der Waals surface area contributed by atoms with Gasteiger partial charge in [0.25, 0.3) is 0 Å². The van der Waals surface area contributed by atoms with Crippen molar-refractivity contribution in [3.05, 3.63) is 47.5 Å². The topological polar surface area (TPSA) is 0 Å². The van der Waals surface area contributed by atoms with Gasteiger partial charge in [-0.3, -0.25) is 0 Å². The van der Waals surface area contributed by atoms with Gasteiger partial charge in [0.05, 0.1) is 0 Å². The van der Waals surface area contributed by atoms with Crippen molar-refractivity contribution < 1.29 is 8.78 Å². The van der Waals surface area contributed by atoms with Crippen molar-refractivity contribution in [2.75, 3.05) is 0 Å². The van der Waals surface area contributed by atoms with Crippen LogP contribution in [0.15, 0.2) is 24.8 Å². The predicted octanol–water partition coefficient (Wildman–Crippen LogP) is 7.32. The molecule has 0 aromatic heterocycles. The van der Waals surface area contributed by atoms with Crippen LogP contribution in [0, 0.1) is 30.4 Å². The van der Waals surface area contributed by atoms with Crippen LogP contribution in [0.1, 0.15) is 81.8 Å². The van der Waals surface area contributed by atoms with E-state index in [0.717, 1.165) is 31.6 Å². The van der Waals surface area contributed by atoms with Crippen molar-refractivity contribution >= 4 is 0 Å². The number of benzene rings is 1. The van der Waals surface area contributed by atoms with Crippen LogP contribution in [0.25, 0.3) is 0 Å². The summed E-state index contributed by atoms with van der Waals surface area (Å²) in [6, 6.07) is 3.50. The lowest BCUT2D eigenvalue weighted by atomic mass is 9.76. The Morgan fingerprint density at radius 3 is 2.46 bits per heavy atom. The van der Waals surface area contributed by atoms with Crippen LogP contribution >= 0.6 is 0 Å². The molecule has 0 nitrogen and oxygen atoms in total. The summed E-state index contributed by atoms with van der Waals surface area (Å²) in [4.78, 5) is 0. The van der Waals surface area contributed by atoms with Crippen LogP contribution in [-0.4, -0.2) is 0 Å². The van der Waals surface area contributed by atoms with Gasteiger partial charge >= 0.3 is 0 Å². The zero-order valence-electron chi connectivity index (χ0n) is 15.3. The van der Waals surface area contributed by atoms with E-state index < -0.39 is 11.6 Å². The monoisotopic (exact) mass is 334 g/mol. The second kappa shape index (κ2) is 9.34. The van der Waals surface area contributed by atoms with E-state index in [1.165, 1.54) is 32.1 Å². The molecule has 0 N–H and O–H groups in total. The van der Waals surface area contributed by atoms with Gasteiger partial charge in [0.1, 0.15) is 0 Å². The summed E-state index contributed by atoms with van der Waals surface area (Å²) in [5, 5.41) is 0. The minimum absolute atomic E-state index is 0.192. The second-order valence-corrected chi connectivity index (χ2v) is 7.53. The highest BCUT2D eigenvalue weighted by Crippen LogP contribution is 2.39. The summed E-state index contributed by atoms with van der Waals surface area (Å²) < 4.78 is 27.9. The third-order valence-electron chi connectivity index (χ3n) is 5.77. The number of hydrogen-bond acceptors (Lipinski definition) is 0. The molecule has 0 saturated heterocycles. The number of allylic oxidation sites excluding steroid dienone is 1. The Labute approximate surface area is 146 Å². The third kappa shape index (κ3) is 4.91. The molecule has 1 fully saturated rings. The third-order valence-corrected chi connectivity index (χ3v) is 5.77. The SMILES string of the molecule is C=CC(CCC)CCCC1CCC(c2ccc(C)c(F)c2F)CC1. The first-order chi connectivity index (χ1) is 11.6. The van der Waals surface area contributed by atoms with Crippen LogP contribution in [-0.2, 0) is 0 Å². The van der Waals surface area contributed by atoms with E-state index in [4.69, 9.17) is 0 Å². The molecule has 1 aromatic carbocycles. The molecule has 0 radical (unpaired) electrons. The fourth-order valence-electron chi connectivity index (χ4n) is 4.16. The summed E-state index contributed by atoms with van der Waals surface area (Å²) in [5.74, 6) is 0.327. The van der Waals surface area contributed by atoms with Gasteiger partial charge in [-0.1, -0.05) is 44.4 Å². The largest absolute Gasteiger partial charge is 0.203 e. The van der Waals surface area contributed by atoms with Crippen molar-refractivity contribution in [2.45, 2.75) is 77.6 Å². The Kier molecular flexibility index (Phi) is 7.45. The van der Waals surface area contributed by atoms with Crippen LogP contribution in [0.4, 0.5) is 8.78 Å². The fraction of sp³-hybridized carbons (Fsp3) is 0.636. The number of halogens is 2. The minimum Gasteiger partial charge on any atom is -0.203 e. The Morgan fingerprint density at radius 2 is 1.83 bits per heavy atom. The van der Waals surface area contributed by atoms with Gasteiger partial charge in [-0.2, -0.15) is 0 Å². The van der Waals surface area contributed by atoms with Gasteiger partial charge in [0.2, 0.25) is 0 Å². The maximum Gasteiger partial charge on any atom is 0.162 e. The molecule has 2 rings (SSSR count). The maximum absolute atomic E-state index is 14.2. The second-order valence-electron chi connectivity index (χ2n) is 7.53. The summed E-state index contributed by atoms with van der Waals surface area (Å²) in [5.41, 5.74) is 0.986. The molecule has 1 atom stereocenters. The average molecular weight is 334 g/mol. The maximum atomic E-state index is 14.2. The molecule has 24 heavy (non-hydrogen) atoms. The molecule has 1 aliphatic rings. The van der Waals surface area contributed by atoms with Crippen LogP contribution < -0.4 is 0 Å². The highest BCUT2D eigenvalue weighted by molar-refractivity contribution is 5.28. The molecule has 1 aromatic rings. The van der Waals surface area contributed by atoms with Gasteiger partial charge in [-0.25, -0.2) is 8.78 Å². The van der Waals surface area contributed by atoms with Crippen molar-refractivity contribution in [3.8, 4) is 0 Å². The quantitative estimate of drug-likeness (QED) is 0.437. The number of aryl methyl sites for hydroxylation is 1. The zero-order chi connectivity index (χ0) is 17.5. The molecule has 0 aliphatic heterocycles. The average Bonchev–Trinajstić information content (AvgIpc) is 2.60. The first-order valence-corrected chi connectivity index (χ1v) is 9.63. The number of rotatable bonds is 8. The van der Waals surface area contributed by atoms with Gasteiger partial charge in [-0.05, 0) is 74.3 Å². The summed E-state index contributed by atoms with van der Waals surface area (Å²) in [6.45, 7) is 7.79. The standard InChI is InChI=1S/C22H32F2/c1-4-7-17(5-2)8-6-9-18-11-13-19(14-12-18)20-15-10-16(3)21(23)22(20)24/h5,10,15,17-19H,2,4,6-9,11-14H2,1,3H3. The Balaban J connectivity index is 1.79. The smallest absolute Gasteiger partial charge is 0.162 e. The van der Waals surface area contributed by atoms with Gasteiger partial charge in [0.15, 0.2) is 11.6 Å². The van der Waals surface area contributed by atoms with E-state index in [1.54, 1.807) is 19.1 Å². The zero-order valence-corrected chi connectivity index (χ0v) is 15.3. The van der Waals surface area contributed by atoms with Crippen LogP contribution in [0.3, 0.4) is 0 Å². The van der Waals surface area contributed by atoms with Crippen molar-refractivity contribution in [2.24, 2.45) is 11.8 Å². The molecule has 1 saturated carbocycles. The summed E-state index contributed by atoms with van der Waals surface area (Å²) in [6.07, 6.45) is 12.6. The van der Waals surface area contributed by atoms with Gasteiger partial charge in [-0.15, -0.1) is 6.58 Å². The lowest BCUT2D eigenvalue weighted by Crippen LogP contribution is -2.15. The fourth-order valence-corrected chi connectivity index (χ4v) is 4.16. The number of hydrogen-bond donors (Lipinski definition) is 0. The molecule has 1 aliphatic carbocycles. The molecule has 2 heteroatoms. The lowest BCUT2D eigenvalue weighted by molar-refractivity contribution is 0.293. The Bertz CT molecular complexity index is 527. The normalized spacial score (nSPS) is 22.3. The summed E-state index contributed by atoms with van der Waals surface area (Å²) >= 11 is 0.